The van der Waals surface area contributed by atoms with Crippen molar-refractivity contribution in [2.24, 2.45) is 4.99 Å². The Kier molecular flexibility index (Phi) is 4.84. The summed E-state index contributed by atoms with van der Waals surface area (Å²) in [5.41, 5.74) is 3.92. The lowest BCUT2D eigenvalue weighted by Crippen LogP contribution is -2.32. The van der Waals surface area contributed by atoms with Crippen molar-refractivity contribution in [3.05, 3.63) is 99.7 Å². The summed E-state index contributed by atoms with van der Waals surface area (Å²) in [5, 5.41) is 9.60. The fourth-order valence-corrected chi connectivity index (χ4v) is 3.24. The molecule has 0 spiro atoms. The number of hydrogen-bond donors (Lipinski definition) is 1. The number of amides is 1. The molecule has 3 aromatic rings. The third-order valence-corrected chi connectivity index (χ3v) is 4.98. The Morgan fingerprint density at radius 1 is 0.929 bits per heavy atom. The molecule has 0 fully saturated rings. The van der Waals surface area contributed by atoms with E-state index in [2.05, 4.69) is 20.9 Å². The molecule has 0 atom stereocenters. The van der Waals surface area contributed by atoms with Gasteiger partial charge in [-0.15, -0.1) is 0 Å². The van der Waals surface area contributed by atoms with Gasteiger partial charge in [-0.2, -0.15) is 0 Å². The third kappa shape index (κ3) is 3.62. The van der Waals surface area contributed by atoms with Crippen LogP contribution < -0.4 is 4.90 Å². The molecule has 5 heteroatoms. The number of aryl methyl sites for hydroxylation is 1. The smallest absolute Gasteiger partial charge is 0.282 e. The van der Waals surface area contributed by atoms with Crippen LogP contribution in [-0.2, 0) is 4.79 Å². The summed E-state index contributed by atoms with van der Waals surface area (Å²) in [7, 11) is 0. The summed E-state index contributed by atoms with van der Waals surface area (Å²) < 4.78 is 0.952. The van der Waals surface area contributed by atoms with Crippen molar-refractivity contribution in [2.75, 3.05) is 4.90 Å². The number of carbonyl (C=O) groups is 1. The number of phenols is 1. The Hall–Kier alpha value is -3.18. The molecule has 0 unspecified atom stereocenters. The quantitative estimate of drug-likeness (QED) is 0.571. The molecular weight excluding hydrogens is 416 g/mol. The number of rotatable bonds is 3. The van der Waals surface area contributed by atoms with Crippen LogP contribution in [0.2, 0.25) is 0 Å². The van der Waals surface area contributed by atoms with E-state index >= 15 is 0 Å². The minimum Gasteiger partial charge on any atom is -0.508 e. The van der Waals surface area contributed by atoms with Crippen molar-refractivity contribution < 1.29 is 9.90 Å². The van der Waals surface area contributed by atoms with Gasteiger partial charge in [0, 0.05) is 10.0 Å². The van der Waals surface area contributed by atoms with E-state index in [0.29, 0.717) is 17.2 Å². The fourth-order valence-electron chi connectivity index (χ4n) is 2.97. The van der Waals surface area contributed by atoms with Gasteiger partial charge in [0.2, 0.25) is 0 Å². The number of nitrogens with zero attached hydrogens (tertiary/aromatic N) is 2. The highest BCUT2D eigenvalue weighted by Crippen LogP contribution is 2.29. The van der Waals surface area contributed by atoms with Crippen LogP contribution in [0.15, 0.2) is 88.0 Å². The highest BCUT2D eigenvalue weighted by atomic mass is 79.9. The maximum Gasteiger partial charge on any atom is 0.282 e. The van der Waals surface area contributed by atoms with Crippen molar-refractivity contribution in [3.63, 3.8) is 0 Å². The van der Waals surface area contributed by atoms with Crippen molar-refractivity contribution >= 4 is 39.4 Å². The van der Waals surface area contributed by atoms with E-state index in [1.165, 1.54) is 0 Å². The largest absolute Gasteiger partial charge is 0.508 e. The Morgan fingerprint density at radius 3 is 2.21 bits per heavy atom. The number of benzene rings is 3. The standard InChI is InChI=1S/C23H17BrN2O2/c1-15-2-4-16(5-3-15)14-21-23(28)26(19-10-12-20(27)13-11-19)22(25-21)17-6-8-18(24)9-7-17/h2-14,27H,1H3/b21-14+. The molecule has 28 heavy (non-hydrogen) atoms. The topological polar surface area (TPSA) is 52.9 Å². The predicted molar refractivity (Wildman–Crippen MR) is 115 cm³/mol. The zero-order valence-corrected chi connectivity index (χ0v) is 16.7. The van der Waals surface area contributed by atoms with E-state index in [9.17, 15) is 9.90 Å². The number of amidine groups is 1. The van der Waals surface area contributed by atoms with Crippen LogP contribution in [0.5, 0.6) is 5.75 Å². The number of aromatic hydroxyl groups is 1. The number of carbonyl (C=O) groups excluding carboxylic acids is 1. The van der Waals surface area contributed by atoms with Gasteiger partial charge in [-0.1, -0.05) is 57.9 Å². The lowest BCUT2D eigenvalue weighted by Gasteiger charge is -2.18. The summed E-state index contributed by atoms with van der Waals surface area (Å²) in [6, 6.07) is 22.1. The molecule has 3 aromatic carbocycles. The van der Waals surface area contributed by atoms with Crippen LogP contribution >= 0.6 is 15.9 Å². The number of halogens is 1. The van der Waals surface area contributed by atoms with Crippen molar-refractivity contribution in [2.45, 2.75) is 6.92 Å². The molecule has 0 aliphatic carbocycles. The van der Waals surface area contributed by atoms with E-state index in [1.807, 2.05) is 55.5 Å². The summed E-state index contributed by atoms with van der Waals surface area (Å²) >= 11 is 3.44. The van der Waals surface area contributed by atoms with Gasteiger partial charge in [-0.25, -0.2) is 4.99 Å². The van der Waals surface area contributed by atoms with Crippen LogP contribution in [0, 0.1) is 6.92 Å². The SMILES string of the molecule is Cc1ccc(/C=C2/N=C(c3ccc(Br)cc3)N(c3ccc(O)cc3)C2=O)cc1. The van der Waals surface area contributed by atoms with E-state index in [-0.39, 0.29) is 11.7 Å². The average Bonchev–Trinajstić information content (AvgIpc) is 3.01. The van der Waals surface area contributed by atoms with E-state index in [0.717, 1.165) is 21.2 Å². The molecule has 4 rings (SSSR count). The second-order valence-corrected chi connectivity index (χ2v) is 7.46. The molecule has 0 radical (unpaired) electrons. The number of aliphatic imine (C=N–C) groups is 1. The van der Waals surface area contributed by atoms with Gasteiger partial charge in [0.05, 0.1) is 5.69 Å². The molecule has 1 heterocycles. The van der Waals surface area contributed by atoms with Crippen molar-refractivity contribution in [3.8, 4) is 5.75 Å². The number of anilines is 1. The molecular formula is C23H17BrN2O2. The van der Waals surface area contributed by atoms with Gasteiger partial charge in [0.1, 0.15) is 17.3 Å². The van der Waals surface area contributed by atoms with Crippen LogP contribution in [0.25, 0.3) is 6.08 Å². The molecule has 1 aliphatic rings. The molecule has 0 saturated carbocycles. The summed E-state index contributed by atoms with van der Waals surface area (Å²) in [6.45, 7) is 2.02. The molecule has 4 nitrogen and oxygen atoms in total. The van der Waals surface area contributed by atoms with E-state index < -0.39 is 0 Å². The van der Waals surface area contributed by atoms with Gasteiger partial charge in [0.25, 0.3) is 5.91 Å². The first kappa shape index (κ1) is 18.2. The molecule has 0 bridgehead atoms. The molecule has 138 valence electrons. The van der Waals surface area contributed by atoms with Crippen LogP contribution in [-0.4, -0.2) is 16.8 Å². The van der Waals surface area contributed by atoms with Gasteiger partial charge in [0.15, 0.2) is 0 Å². The zero-order chi connectivity index (χ0) is 19.7. The summed E-state index contributed by atoms with van der Waals surface area (Å²) in [6.07, 6.45) is 1.79. The lowest BCUT2D eigenvalue weighted by molar-refractivity contribution is -0.113. The molecule has 1 N–H and O–H groups in total. The highest BCUT2D eigenvalue weighted by Gasteiger charge is 2.32. The molecule has 0 aromatic heterocycles. The average molecular weight is 433 g/mol. The van der Waals surface area contributed by atoms with Crippen LogP contribution in [0.3, 0.4) is 0 Å². The first-order valence-corrected chi connectivity index (χ1v) is 9.57. The first-order valence-electron chi connectivity index (χ1n) is 8.78. The van der Waals surface area contributed by atoms with Gasteiger partial charge < -0.3 is 5.11 Å². The highest BCUT2D eigenvalue weighted by molar-refractivity contribution is 9.10. The van der Waals surface area contributed by atoms with Crippen molar-refractivity contribution in [1.82, 2.24) is 0 Å². The maximum absolute atomic E-state index is 13.2. The normalized spacial score (nSPS) is 15.2. The molecule has 1 aliphatic heterocycles. The summed E-state index contributed by atoms with van der Waals surface area (Å²) in [5.74, 6) is 0.499. The molecule has 1 amide bonds. The molecule has 0 saturated heterocycles. The Balaban J connectivity index is 1.81. The van der Waals surface area contributed by atoms with Crippen LogP contribution in [0.4, 0.5) is 5.69 Å². The van der Waals surface area contributed by atoms with Crippen molar-refractivity contribution in [1.29, 1.82) is 0 Å². The first-order chi connectivity index (χ1) is 13.5. The summed E-state index contributed by atoms with van der Waals surface area (Å²) in [4.78, 5) is 19.4. The van der Waals surface area contributed by atoms with E-state index in [1.54, 1.807) is 35.2 Å². The number of phenolic OH excluding ortho intramolecular Hbond substituents is 1. The third-order valence-electron chi connectivity index (χ3n) is 4.45. The monoisotopic (exact) mass is 432 g/mol. The second kappa shape index (κ2) is 7.44. The maximum atomic E-state index is 13.2. The van der Waals surface area contributed by atoms with Gasteiger partial charge in [-0.3, -0.25) is 9.69 Å². The Morgan fingerprint density at radius 2 is 1.57 bits per heavy atom. The number of hydrogen-bond acceptors (Lipinski definition) is 3. The van der Waals surface area contributed by atoms with E-state index in [4.69, 9.17) is 0 Å². The Bertz CT molecular complexity index is 1080. The second-order valence-electron chi connectivity index (χ2n) is 6.54. The van der Waals surface area contributed by atoms with Gasteiger partial charge in [-0.05, 0) is 55.0 Å². The van der Waals surface area contributed by atoms with Gasteiger partial charge >= 0.3 is 0 Å². The lowest BCUT2D eigenvalue weighted by atomic mass is 10.1. The fraction of sp³-hybridized carbons (Fsp3) is 0.0435. The predicted octanol–water partition coefficient (Wildman–Crippen LogP) is 5.30. The Labute approximate surface area is 171 Å². The van der Waals surface area contributed by atoms with Crippen LogP contribution in [0.1, 0.15) is 16.7 Å². The minimum absolute atomic E-state index is 0.146. The zero-order valence-electron chi connectivity index (χ0n) is 15.1. The minimum atomic E-state index is -0.204.